The van der Waals surface area contributed by atoms with E-state index in [1.54, 1.807) is 27.7 Å². The van der Waals surface area contributed by atoms with Crippen molar-refractivity contribution in [2.24, 2.45) is 5.92 Å². The third-order valence-corrected chi connectivity index (χ3v) is 3.48. The normalized spacial score (nSPS) is 17.5. The molecule has 0 bridgehead atoms. The van der Waals surface area contributed by atoms with Gasteiger partial charge in [-0.15, -0.1) is 0 Å². The van der Waals surface area contributed by atoms with Crippen molar-refractivity contribution in [1.82, 2.24) is 5.32 Å². The highest BCUT2D eigenvalue weighted by molar-refractivity contribution is 6.40. The first-order valence-electron chi connectivity index (χ1n) is 7.50. The fraction of sp³-hybridized carbons (Fsp3) is 0.800. The minimum absolute atomic E-state index is 0.0147. The Morgan fingerprint density at radius 1 is 1.24 bits per heavy atom. The van der Waals surface area contributed by atoms with Gasteiger partial charge < -0.3 is 15.6 Å². The highest BCUT2D eigenvalue weighted by Gasteiger charge is 2.35. The van der Waals surface area contributed by atoms with Crippen LogP contribution in [0.1, 0.15) is 59.8 Å². The molecule has 0 radical (unpaired) electrons. The van der Waals surface area contributed by atoms with Gasteiger partial charge in [-0.1, -0.05) is 19.3 Å². The predicted molar refractivity (Wildman–Crippen MR) is 79.0 cm³/mol. The third-order valence-electron chi connectivity index (χ3n) is 3.48. The number of alkyl carbamates (subject to hydrolysis) is 1. The molecule has 0 aliphatic heterocycles. The molecule has 1 aliphatic rings. The van der Waals surface area contributed by atoms with Gasteiger partial charge in [-0.2, -0.15) is 4.79 Å². The van der Waals surface area contributed by atoms with Crippen LogP contribution in [0.4, 0.5) is 4.79 Å². The quantitative estimate of drug-likeness (QED) is 0.491. The van der Waals surface area contributed by atoms with Crippen molar-refractivity contribution in [3.05, 3.63) is 5.53 Å². The van der Waals surface area contributed by atoms with Crippen molar-refractivity contribution >= 4 is 17.6 Å². The van der Waals surface area contributed by atoms with E-state index in [1.807, 2.05) is 0 Å². The van der Waals surface area contributed by atoms with Gasteiger partial charge >= 0.3 is 11.8 Å². The summed E-state index contributed by atoms with van der Waals surface area (Å²) in [6.07, 6.45) is 4.27. The first kappa shape index (κ1) is 17.4. The zero-order chi connectivity index (χ0) is 16.0. The molecular formula is C15H25N3O3. The summed E-state index contributed by atoms with van der Waals surface area (Å²) in [7, 11) is 0. The summed E-state index contributed by atoms with van der Waals surface area (Å²) in [5.41, 5.74) is 8.69. The molecule has 21 heavy (non-hydrogen) atoms. The minimum Gasteiger partial charge on any atom is -0.444 e. The maximum absolute atomic E-state index is 12.3. The average Bonchev–Trinajstić information content (AvgIpc) is 2.38. The van der Waals surface area contributed by atoms with Crippen LogP contribution in [0.15, 0.2) is 0 Å². The number of carbonyl (C=O) groups excluding carboxylic acids is 2. The fourth-order valence-electron chi connectivity index (χ4n) is 2.48. The SMILES string of the molecule is CC(NC(=O)OC(C)(C)C)C(=O)C(=[N+]=[N-])C1CCCCC1. The van der Waals surface area contributed by atoms with Crippen molar-refractivity contribution in [3.8, 4) is 0 Å². The Kier molecular flexibility index (Phi) is 6.09. The van der Waals surface area contributed by atoms with E-state index in [1.165, 1.54) is 0 Å². The van der Waals surface area contributed by atoms with Gasteiger partial charge in [0.1, 0.15) is 5.60 Å². The molecule has 1 N–H and O–H groups in total. The Balaban J connectivity index is 2.63. The Bertz CT molecular complexity index is 442. The van der Waals surface area contributed by atoms with Crippen LogP contribution in [0.2, 0.25) is 0 Å². The lowest BCUT2D eigenvalue weighted by atomic mass is 9.83. The topological polar surface area (TPSA) is 91.8 Å². The molecule has 6 nitrogen and oxygen atoms in total. The van der Waals surface area contributed by atoms with Crippen LogP contribution in [-0.2, 0) is 9.53 Å². The number of hydrogen-bond donors (Lipinski definition) is 1. The van der Waals surface area contributed by atoms with E-state index < -0.39 is 17.7 Å². The van der Waals surface area contributed by atoms with Crippen molar-refractivity contribution in [1.29, 1.82) is 0 Å². The van der Waals surface area contributed by atoms with E-state index in [-0.39, 0.29) is 17.4 Å². The Morgan fingerprint density at radius 2 is 1.81 bits per heavy atom. The molecule has 0 aromatic heterocycles. The third kappa shape index (κ3) is 5.68. The average molecular weight is 295 g/mol. The van der Waals surface area contributed by atoms with Crippen LogP contribution >= 0.6 is 0 Å². The van der Waals surface area contributed by atoms with E-state index in [0.717, 1.165) is 32.1 Å². The first-order valence-corrected chi connectivity index (χ1v) is 7.50. The van der Waals surface area contributed by atoms with Gasteiger partial charge in [0, 0.05) is 0 Å². The molecule has 6 heteroatoms. The van der Waals surface area contributed by atoms with Gasteiger partial charge in [-0.25, -0.2) is 4.79 Å². The molecule has 0 aromatic rings. The lowest BCUT2D eigenvalue weighted by Crippen LogP contribution is -2.46. The van der Waals surface area contributed by atoms with Gasteiger partial charge in [0.2, 0.25) is 0 Å². The maximum atomic E-state index is 12.3. The highest BCUT2D eigenvalue weighted by Crippen LogP contribution is 2.24. The number of nitrogens with zero attached hydrogens (tertiary/aromatic N) is 2. The summed E-state index contributed by atoms with van der Waals surface area (Å²) < 4.78 is 5.11. The second kappa shape index (κ2) is 7.36. The molecule has 0 aromatic carbocycles. The van der Waals surface area contributed by atoms with Gasteiger partial charge in [-0.3, -0.25) is 4.79 Å². The summed E-state index contributed by atoms with van der Waals surface area (Å²) in [6, 6.07) is -0.771. The molecule has 1 fully saturated rings. The Morgan fingerprint density at radius 3 is 2.29 bits per heavy atom. The van der Waals surface area contributed by atoms with Crippen LogP contribution in [0.3, 0.4) is 0 Å². The second-order valence-corrected chi connectivity index (χ2v) is 6.55. The van der Waals surface area contributed by atoms with Crippen molar-refractivity contribution in [3.63, 3.8) is 0 Å². The summed E-state index contributed by atoms with van der Waals surface area (Å²) in [5, 5.41) is 2.49. The van der Waals surface area contributed by atoms with Gasteiger partial charge in [-0.05, 0) is 40.5 Å². The van der Waals surface area contributed by atoms with Crippen LogP contribution in [0.25, 0.3) is 5.53 Å². The largest absolute Gasteiger partial charge is 0.444 e. The van der Waals surface area contributed by atoms with E-state index in [9.17, 15) is 9.59 Å². The Hall–Kier alpha value is -1.68. The number of ketones is 1. The number of rotatable bonds is 4. The van der Waals surface area contributed by atoms with Crippen LogP contribution < -0.4 is 5.32 Å². The van der Waals surface area contributed by atoms with Gasteiger partial charge in [0.05, 0.1) is 12.0 Å². The number of nitrogens with one attached hydrogen (secondary N) is 1. The molecule has 0 heterocycles. The molecule has 1 rings (SSSR count). The second-order valence-electron chi connectivity index (χ2n) is 6.55. The minimum atomic E-state index is -0.771. The summed E-state index contributed by atoms with van der Waals surface area (Å²) in [4.78, 5) is 27.2. The smallest absolute Gasteiger partial charge is 0.408 e. The molecule has 0 saturated heterocycles. The highest BCUT2D eigenvalue weighted by atomic mass is 16.6. The van der Waals surface area contributed by atoms with Crippen LogP contribution in [-0.4, -0.2) is 34.0 Å². The van der Waals surface area contributed by atoms with E-state index >= 15 is 0 Å². The van der Waals surface area contributed by atoms with E-state index in [4.69, 9.17) is 10.3 Å². The molecule has 0 spiro atoms. The number of Topliss-reactive ketones (excluding diaryl/α,β-unsaturated/α-hetero) is 1. The zero-order valence-electron chi connectivity index (χ0n) is 13.3. The summed E-state index contributed by atoms with van der Waals surface area (Å²) >= 11 is 0. The van der Waals surface area contributed by atoms with Crippen molar-refractivity contribution in [2.75, 3.05) is 0 Å². The number of carbonyl (C=O) groups is 2. The van der Waals surface area contributed by atoms with E-state index in [2.05, 4.69) is 10.1 Å². The standard InChI is InChI=1S/C15H25N3O3/c1-10(17-14(20)21-15(2,3)4)13(19)12(18-16)11-8-6-5-7-9-11/h10-11H,5-9H2,1-4H3,(H,17,20). The van der Waals surface area contributed by atoms with Crippen molar-refractivity contribution in [2.45, 2.75) is 71.4 Å². The lowest BCUT2D eigenvalue weighted by Gasteiger charge is -2.22. The maximum Gasteiger partial charge on any atom is 0.408 e. The van der Waals surface area contributed by atoms with Gasteiger partial charge in [0.15, 0.2) is 0 Å². The number of hydrogen-bond acceptors (Lipinski definition) is 3. The van der Waals surface area contributed by atoms with Crippen LogP contribution in [0, 0.1) is 5.92 Å². The molecule has 1 aliphatic carbocycles. The van der Waals surface area contributed by atoms with Crippen molar-refractivity contribution < 1.29 is 19.1 Å². The molecule has 1 amide bonds. The first-order chi connectivity index (χ1) is 9.74. The monoisotopic (exact) mass is 295 g/mol. The molecule has 1 saturated carbocycles. The molecular weight excluding hydrogens is 270 g/mol. The summed E-state index contributed by atoms with van der Waals surface area (Å²) in [5.74, 6) is -0.366. The molecule has 1 unspecified atom stereocenters. The van der Waals surface area contributed by atoms with E-state index in [0.29, 0.717) is 0 Å². The molecule has 1 atom stereocenters. The number of ether oxygens (including phenoxy) is 1. The van der Waals surface area contributed by atoms with Gasteiger partial charge in [0.25, 0.3) is 5.78 Å². The fourth-order valence-corrected chi connectivity index (χ4v) is 2.48. The Labute approximate surface area is 125 Å². The number of amides is 1. The zero-order valence-corrected chi connectivity index (χ0v) is 13.3. The predicted octanol–water partition coefficient (Wildman–Crippen LogP) is 2.72. The van der Waals surface area contributed by atoms with Crippen LogP contribution in [0.5, 0.6) is 0 Å². The summed E-state index contributed by atoms with van der Waals surface area (Å²) in [6.45, 7) is 6.82. The lowest BCUT2D eigenvalue weighted by molar-refractivity contribution is -0.119. The molecule has 118 valence electrons.